The van der Waals surface area contributed by atoms with Crippen LogP contribution in [0.25, 0.3) is 0 Å². The number of imidazole rings is 1. The first-order valence-electron chi connectivity index (χ1n) is 8.86. The predicted octanol–water partition coefficient (Wildman–Crippen LogP) is 2.57. The molecule has 1 N–H and O–H groups in total. The van der Waals surface area contributed by atoms with E-state index in [9.17, 15) is 8.78 Å². The summed E-state index contributed by atoms with van der Waals surface area (Å²) in [6.45, 7) is 6.87. The number of hydrogen-bond donors (Lipinski definition) is 1. The van der Waals surface area contributed by atoms with Gasteiger partial charge < -0.3 is 19.7 Å². The number of halogens is 3. The Balaban J connectivity index is 0.00000261. The van der Waals surface area contributed by atoms with E-state index < -0.39 is 5.82 Å². The van der Waals surface area contributed by atoms with Gasteiger partial charge in [-0.1, -0.05) is 0 Å². The molecular weight excluding hydrogens is 465 g/mol. The molecule has 0 saturated carbocycles. The first-order chi connectivity index (χ1) is 12.7. The molecule has 0 unspecified atom stereocenters. The number of aliphatic imine (C=N–C) groups is 1. The molecule has 1 saturated heterocycles. The molecule has 1 aliphatic heterocycles. The Morgan fingerprint density at radius 2 is 2.00 bits per heavy atom. The fourth-order valence-electron chi connectivity index (χ4n) is 3.00. The van der Waals surface area contributed by atoms with Crippen LogP contribution in [0.5, 0.6) is 0 Å². The highest BCUT2D eigenvalue weighted by Crippen LogP contribution is 2.21. The topological polar surface area (TPSA) is 48.7 Å². The first-order valence-corrected chi connectivity index (χ1v) is 8.86. The summed E-state index contributed by atoms with van der Waals surface area (Å²) < 4.78 is 29.4. The Bertz CT molecular complexity index is 729. The molecule has 0 radical (unpaired) electrons. The van der Waals surface area contributed by atoms with Gasteiger partial charge in [0.1, 0.15) is 11.6 Å². The molecule has 1 aromatic heterocycles. The fraction of sp³-hybridized carbons (Fsp3) is 0.444. The molecule has 3 rings (SSSR count). The molecule has 0 amide bonds. The summed E-state index contributed by atoms with van der Waals surface area (Å²) in [6.07, 6.45) is 5.43. The lowest BCUT2D eigenvalue weighted by Gasteiger charge is -2.37. The molecule has 27 heavy (non-hydrogen) atoms. The number of aromatic nitrogens is 2. The summed E-state index contributed by atoms with van der Waals surface area (Å²) in [4.78, 5) is 12.7. The van der Waals surface area contributed by atoms with Crippen LogP contribution in [0.3, 0.4) is 0 Å². The van der Waals surface area contributed by atoms with E-state index in [4.69, 9.17) is 0 Å². The zero-order valence-electron chi connectivity index (χ0n) is 15.3. The van der Waals surface area contributed by atoms with Gasteiger partial charge in [0.25, 0.3) is 0 Å². The van der Waals surface area contributed by atoms with Crippen molar-refractivity contribution in [2.75, 3.05) is 44.2 Å². The maximum atomic E-state index is 14.0. The maximum Gasteiger partial charge on any atom is 0.194 e. The minimum atomic E-state index is -0.418. The number of hydrogen-bond acceptors (Lipinski definition) is 3. The highest BCUT2D eigenvalue weighted by molar-refractivity contribution is 14.0. The van der Waals surface area contributed by atoms with Gasteiger partial charge in [0.15, 0.2) is 5.96 Å². The third-order valence-electron chi connectivity index (χ3n) is 4.34. The molecule has 1 aliphatic rings. The van der Waals surface area contributed by atoms with Crippen molar-refractivity contribution in [1.29, 1.82) is 0 Å². The molecule has 0 aliphatic carbocycles. The van der Waals surface area contributed by atoms with Crippen molar-refractivity contribution in [1.82, 2.24) is 19.8 Å². The number of piperazine rings is 1. The largest absolute Gasteiger partial charge is 0.366 e. The summed E-state index contributed by atoms with van der Waals surface area (Å²) in [5.74, 6) is 0.0472. The van der Waals surface area contributed by atoms with Crippen LogP contribution in [0.1, 0.15) is 6.92 Å². The molecule has 0 spiro atoms. The standard InChI is InChI=1S/C18H24F2N6.HI/c1-2-22-18(23-6-8-24-7-5-21-14-24)26-11-9-25(10-12-26)17-13-15(19)3-4-16(17)20;/h3-5,7,13-14H,2,6,8-12H2,1H3,(H,22,23);1H. The van der Waals surface area contributed by atoms with Gasteiger partial charge in [-0.2, -0.15) is 0 Å². The molecule has 148 valence electrons. The normalized spacial score (nSPS) is 14.9. The van der Waals surface area contributed by atoms with E-state index in [1.807, 2.05) is 22.6 Å². The third-order valence-corrected chi connectivity index (χ3v) is 4.34. The van der Waals surface area contributed by atoms with Crippen LogP contribution in [0.4, 0.5) is 14.5 Å². The van der Waals surface area contributed by atoms with Crippen molar-refractivity contribution < 1.29 is 8.78 Å². The average Bonchev–Trinajstić information content (AvgIpc) is 3.17. The fourth-order valence-corrected chi connectivity index (χ4v) is 3.00. The second kappa shape index (κ2) is 10.4. The Labute approximate surface area is 175 Å². The number of guanidine groups is 1. The average molecular weight is 490 g/mol. The smallest absolute Gasteiger partial charge is 0.194 e. The van der Waals surface area contributed by atoms with E-state index in [1.165, 1.54) is 12.1 Å². The summed E-state index contributed by atoms with van der Waals surface area (Å²) in [6, 6.07) is 3.58. The Kier molecular flexibility index (Phi) is 8.26. The van der Waals surface area contributed by atoms with Gasteiger partial charge in [-0.05, 0) is 19.1 Å². The Morgan fingerprint density at radius 1 is 1.22 bits per heavy atom. The molecule has 1 fully saturated rings. The van der Waals surface area contributed by atoms with E-state index in [0.717, 1.165) is 25.1 Å². The number of anilines is 1. The summed E-state index contributed by atoms with van der Waals surface area (Å²) >= 11 is 0. The number of benzene rings is 1. The van der Waals surface area contributed by atoms with Crippen molar-refractivity contribution >= 4 is 35.6 Å². The third kappa shape index (κ3) is 5.78. The van der Waals surface area contributed by atoms with Crippen molar-refractivity contribution in [3.8, 4) is 0 Å². The molecule has 0 atom stereocenters. The van der Waals surface area contributed by atoms with Crippen LogP contribution in [-0.2, 0) is 6.54 Å². The van der Waals surface area contributed by atoms with Gasteiger partial charge in [0.2, 0.25) is 0 Å². The Hall–Kier alpha value is -1.91. The van der Waals surface area contributed by atoms with Crippen molar-refractivity contribution in [3.63, 3.8) is 0 Å². The minimum absolute atomic E-state index is 0. The first kappa shape index (κ1) is 21.4. The zero-order chi connectivity index (χ0) is 18.4. The summed E-state index contributed by atoms with van der Waals surface area (Å²) in [5, 5.41) is 3.31. The maximum absolute atomic E-state index is 14.0. The lowest BCUT2D eigenvalue weighted by Crippen LogP contribution is -2.52. The second-order valence-electron chi connectivity index (χ2n) is 6.11. The van der Waals surface area contributed by atoms with Crippen LogP contribution in [0.2, 0.25) is 0 Å². The quantitative estimate of drug-likeness (QED) is 0.398. The Morgan fingerprint density at radius 3 is 2.67 bits per heavy atom. The molecule has 2 heterocycles. The monoisotopic (exact) mass is 490 g/mol. The van der Waals surface area contributed by atoms with Gasteiger partial charge in [0.05, 0.1) is 18.6 Å². The van der Waals surface area contributed by atoms with E-state index in [-0.39, 0.29) is 29.8 Å². The van der Waals surface area contributed by atoms with Gasteiger partial charge in [-0.25, -0.2) is 13.8 Å². The number of nitrogens with zero attached hydrogens (tertiary/aromatic N) is 5. The van der Waals surface area contributed by atoms with Crippen LogP contribution in [0, 0.1) is 11.6 Å². The van der Waals surface area contributed by atoms with Crippen molar-refractivity contribution in [2.24, 2.45) is 4.99 Å². The van der Waals surface area contributed by atoms with Crippen LogP contribution in [-0.4, -0.2) is 59.7 Å². The molecule has 0 bridgehead atoms. The molecule has 9 heteroatoms. The number of nitrogens with one attached hydrogen (secondary N) is 1. The summed E-state index contributed by atoms with van der Waals surface area (Å²) in [7, 11) is 0. The molecule has 2 aromatic rings. The van der Waals surface area contributed by atoms with E-state index in [1.54, 1.807) is 12.5 Å². The van der Waals surface area contributed by atoms with Crippen LogP contribution >= 0.6 is 24.0 Å². The predicted molar refractivity (Wildman–Crippen MR) is 114 cm³/mol. The van der Waals surface area contributed by atoms with E-state index in [2.05, 4.69) is 20.2 Å². The van der Waals surface area contributed by atoms with Crippen LogP contribution < -0.4 is 10.2 Å². The lowest BCUT2D eigenvalue weighted by atomic mass is 10.2. The second-order valence-corrected chi connectivity index (χ2v) is 6.11. The summed E-state index contributed by atoms with van der Waals surface area (Å²) in [5.41, 5.74) is 0.326. The minimum Gasteiger partial charge on any atom is -0.366 e. The van der Waals surface area contributed by atoms with Gasteiger partial charge in [0, 0.05) is 57.7 Å². The van der Waals surface area contributed by atoms with Gasteiger partial charge >= 0.3 is 0 Å². The molecule has 1 aromatic carbocycles. The van der Waals surface area contributed by atoms with Crippen molar-refractivity contribution in [2.45, 2.75) is 13.5 Å². The van der Waals surface area contributed by atoms with E-state index in [0.29, 0.717) is 38.4 Å². The SMILES string of the molecule is CCNC(=NCCn1ccnc1)N1CCN(c2cc(F)ccc2F)CC1.I. The lowest BCUT2D eigenvalue weighted by molar-refractivity contribution is 0.370. The van der Waals surface area contributed by atoms with E-state index >= 15 is 0 Å². The van der Waals surface area contributed by atoms with Gasteiger partial charge in [-0.15, -0.1) is 24.0 Å². The number of rotatable bonds is 5. The highest BCUT2D eigenvalue weighted by Gasteiger charge is 2.22. The highest BCUT2D eigenvalue weighted by atomic mass is 127. The van der Waals surface area contributed by atoms with Gasteiger partial charge in [-0.3, -0.25) is 4.99 Å². The van der Waals surface area contributed by atoms with Crippen molar-refractivity contribution in [3.05, 3.63) is 48.6 Å². The molecular formula is C18H25F2IN6. The zero-order valence-corrected chi connectivity index (χ0v) is 17.6. The van der Waals surface area contributed by atoms with Crippen LogP contribution in [0.15, 0.2) is 41.9 Å². The molecule has 6 nitrogen and oxygen atoms in total.